The smallest absolute Gasteiger partial charge is 0.305 e. The van der Waals surface area contributed by atoms with E-state index in [9.17, 15) is 4.79 Å². The lowest BCUT2D eigenvalue weighted by molar-refractivity contribution is -0.137. The molecule has 1 aliphatic rings. The number of carboxylic acid groups (broad SMARTS) is 1. The van der Waals surface area contributed by atoms with Gasteiger partial charge in [0, 0.05) is 6.04 Å². The summed E-state index contributed by atoms with van der Waals surface area (Å²) in [6.45, 7) is 0.757. The van der Waals surface area contributed by atoms with Crippen molar-refractivity contribution in [2.45, 2.75) is 25.3 Å². The summed E-state index contributed by atoms with van der Waals surface area (Å²) < 4.78 is 5.48. The summed E-state index contributed by atoms with van der Waals surface area (Å²) in [7, 11) is 0. The van der Waals surface area contributed by atoms with Crippen LogP contribution < -0.4 is 10.5 Å². The van der Waals surface area contributed by atoms with Crippen LogP contribution in [0.25, 0.3) is 0 Å². The van der Waals surface area contributed by atoms with Gasteiger partial charge in [0.15, 0.2) is 0 Å². The molecule has 1 aromatic rings. The Morgan fingerprint density at radius 2 is 2.38 bits per heavy atom. The van der Waals surface area contributed by atoms with Crippen LogP contribution in [-0.2, 0) is 11.2 Å². The van der Waals surface area contributed by atoms with E-state index >= 15 is 0 Å². The fraction of sp³-hybridized carbons (Fsp3) is 0.417. The number of fused-ring (bicyclic) bond motifs is 1. The Bertz CT molecular complexity index is 403. The van der Waals surface area contributed by atoms with Crippen molar-refractivity contribution < 1.29 is 14.6 Å². The molecule has 0 amide bonds. The van der Waals surface area contributed by atoms with Gasteiger partial charge in [-0.2, -0.15) is 0 Å². The molecule has 0 spiro atoms. The molecule has 4 nitrogen and oxygen atoms in total. The van der Waals surface area contributed by atoms with Gasteiger partial charge in [-0.15, -0.1) is 0 Å². The summed E-state index contributed by atoms with van der Waals surface area (Å²) in [5.41, 5.74) is 7.80. The number of carbonyl (C=O) groups is 1. The van der Waals surface area contributed by atoms with Crippen LogP contribution in [0.1, 0.15) is 30.0 Å². The van der Waals surface area contributed by atoms with Crippen molar-refractivity contribution in [3.8, 4) is 5.75 Å². The zero-order valence-electron chi connectivity index (χ0n) is 8.98. The summed E-state index contributed by atoms with van der Waals surface area (Å²) in [5, 5.41) is 8.68. The summed E-state index contributed by atoms with van der Waals surface area (Å²) in [6, 6.07) is 5.25. The maximum atomic E-state index is 10.6. The second-order valence-electron chi connectivity index (χ2n) is 4.02. The van der Waals surface area contributed by atoms with E-state index in [-0.39, 0.29) is 6.42 Å². The highest BCUT2D eigenvalue weighted by Crippen LogP contribution is 2.27. The van der Waals surface area contributed by atoms with Crippen LogP contribution in [0.15, 0.2) is 18.2 Å². The van der Waals surface area contributed by atoms with E-state index in [0.717, 1.165) is 36.3 Å². The molecule has 2 rings (SSSR count). The number of nitrogens with two attached hydrogens (primary N) is 1. The average Bonchev–Trinajstić information content (AvgIpc) is 2.27. The Morgan fingerprint density at radius 1 is 1.56 bits per heavy atom. The van der Waals surface area contributed by atoms with E-state index < -0.39 is 12.0 Å². The van der Waals surface area contributed by atoms with Crippen molar-refractivity contribution in [2.75, 3.05) is 6.61 Å². The van der Waals surface area contributed by atoms with Crippen molar-refractivity contribution >= 4 is 5.97 Å². The summed E-state index contributed by atoms with van der Waals surface area (Å²) >= 11 is 0. The van der Waals surface area contributed by atoms with E-state index in [0.29, 0.717) is 0 Å². The van der Waals surface area contributed by atoms with Crippen molar-refractivity contribution in [2.24, 2.45) is 5.73 Å². The maximum absolute atomic E-state index is 10.6. The molecule has 4 heteroatoms. The zero-order chi connectivity index (χ0) is 11.5. The van der Waals surface area contributed by atoms with Crippen molar-refractivity contribution in [3.63, 3.8) is 0 Å². The van der Waals surface area contributed by atoms with E-state index in [2.05, 4.69) is 0 Å². The lowest BCUT2D eigenvalue weighted by atomic mass is 9.98. The van der Waals surface area contributed by atoms with Gasteiger partial charge in [-0.25, -0.2) is 0 Å². The van der Waals surface area contributed by atoms with Crippen molar-refractivity contribution in [1.82, 2.24) is 0 Å². The Balaban J connectivity index is 2.19. The van der Waals surface area contributed by atoms with Gasteiger partial charge in [0.05, 0.1) is 13.0 Å². The second kappa shape index (κ2) is 4.53. The summed E-state index contributed by atoms with van der Waals surface area (Å²) in [4.78, 5) is 10.6. The van der Waals surface area contributed by atoms with E-state index in [1.165, 1.54) is 0 Å². The van der Waals surface area contributed by atoms with Gasteiger partial charge in [-0.3, -0.25) is 4.79 Å². The van der Waals surface area contributed by atoms with Crippen LogP contribution in [-0.4, -0.2) is 17.7 Å². The predicted octanol–water partition coefficient (Wildman–Crippen LogP) is 1.49. The minimum absolute atomic E-state index is 0.0420. The molecule has 0 unspecified atom stereocenters. The highest BCUT2D eigenvalue weighted by molar-refractivity contribution is 5.68. The Labute approximate surface area is 94.0 Å². The molecule has 1 aromatic carbocycles. The lowest BCUT2D eigenvalue weighted by Crippen LogP contribution is -2.16. The van der Waals surface area contributed by atoms with Gasteiger partial charge in [-0.1, -0.05) is 12.1 Å². The highest BCUT2D eigenvalue weighted by atomic mass is 16.5. The van der Waals surface area contributed by atoms with Gasteiger partial charge >= 0.3 is 5.97 Å². The quantitative estimate of drug-likeness (QED) is 0.811. The number of rotatable bonds is 3. The first kappa shape index (κ1) is 11.0. The van der Waals surface area contributed by atoms with Gasteiger partial charge in [0.1, 0.15) is 5.75 Å². The standard InChI is InChI=1S/C12H15NO3/c13-10(7-12(14)15)8-3-4-11-9(6-8)2-1-5-16-11/h3-4,6,10H,1-2,5,7,13H2,(H,14,15)/t10-/m0/s1. The zero-order valence-corrected chi connectivity index (χ0v) is 8.98. The second-order valence-corrected chi connectivity index (χ2v) is 4.02. The van der Waals surface area contributed by atoms with Gasteiger partial charge < -0.3 is 15.6 Å². The monoisotopic (exact) mass is 221 g/mol. The first-order valence-corrected chi connectivity index (χ1v) is 5.40. The molecular weight excluding hydrogens is 206 g/mol. The molecule has 1 aliphatic heterocycles. The molecule has 1 heterocycles. The normalized spacial score (nSPS) is 16.1. The summed E-state index contributed by atoms with van der Waals surface area (Å²) in [6.07, 6.45) is 1.94. The number of aryl methyl sites for hydroxylation is 1. The van der Waals surface area contributed by atoms with Gasteiger partial charge in [0.25, 0.3) is 0 Å². The van der Waals surface area contributed by atoms with Gasteiger partial charge in [-0.05, 0) is 30.0 Å². The van der Waals surface area contributed by atoms with Crippen molar-refractivity contribution in [3.05, 3.63) is 29.3 Å². The van der Waals surface area contributed by atoms with Crippen LogP contribution in [0, 0.1) is 0 Å². The fourth-order valence-electron chi connectivity index (χ4n) is 1.92. The highest BCUT2D eigenvalue weighted by Gasteiger charge is 2.15. The third-order valence-corrected chi connectivity index (χ3v) is 2.76. The SMILES string of the molecule is N[C@@H](CC(=O)O)c1ccc2c(c1)CCCO2. The maximum Gasteiger partial charge on any atom is 0.305 e. The fourth-order valence-corrected chi connectivity index (χ4v) is 1.92. The van der Waals surface area contributed by atoms with Crippen LogP contribution >= 0.6 is 0 Å². The van der Waals surface area contributed by atoms with E-state index in [4.69, 9.17) is 15.6 Å². The number of hydrogen-bond donors (Lipinski definition) is 2. The molecular formula is C12H15NO3. The molecule has 86 valence electrons. The molecule has 1 atom stereocenters. The van der Waals surface area contributed by atoms with Crippen molar-refractivity contribution in [1.29, 1.82) is 0 Å². The largest absolute Gasteiger partial charge is 0.493 e. The Kier molecular flexibility index (Phi) is 3.10. The Hall–Kier alpha value is -1.55. The summed E-state index contributed by atoms with van der Waals surface area (Å²) in [5.74, 6) is 0.0268. The number of hydrogen-bond acceptors (Lipinski definition) is 3. The number of ether oxygens (including phenoxy) is 1. The third kappa shape index (κ3) is 2.33. The molecule has 0 radical (unpaired) electrons. The number of aliphatic carboxylic acids is 1. The van der Waals surface area contributed by atoms with Crippen LogP contribution in [0.5, 0.6) is 5.75 Å². The number of carboxylic acids is 1. The topological polar surface area (TPSA) is 72.6 Å². The Morgan fingerprint density at radius 3 is 3.12 bits per heavy atom. The van der Waals surface area contributed by atoms with E-state index in [1.807, 2.05) is 18.2 Å². The first-order valence-electron chi connectivity index (χ1n) is 5.40. The molecule has 0 fully saturated rings. The molecule has 0 saturated heterocycles. The van der Waals surface area contributed by atoms with Crippen LogP contribution in [0.3, 0.4) is 0 Å². The molecule has 16 heavy (non-hydrogen) atoms. The minimum atomic E-state index is -0.874. The third-order valence-electron chi connectivity index (χ3n) is 2.76. The van der Waals surface area contributed by atoms with E-state index in [1.54, 1.807) is 0 Å². The minimum Gasteiger partial charge on any atom is -0.493 e. The average molecular weight is 221 g/mol. The molecule has 0 bridgehead atoms. The molecule has 3 N–H and O–H groups in total. The molecule has 0 aliphatic carbocycles. The number of benzene rings is 1. The lowest BCUT2D eigenvalue weighted by Gasteiger charge is -2.19. The molecule has 0 saturated carbocycles. The van der Waals surface area contributed by atoms with Crippen LogP contribution in [0.2, 0.25) is 0 Å². The predicted molar refractivity (Wildman–Crippen MR) is 59.4 cm³/mol. The first-order chi connectivity index (χ1) is 7.66. The molecule has 0 aromatic heterocycles. The van der Waals surface area contributed by atoms with Crippen LogP contribution in [0.4, 0.5) is 0 Å². The van der Waals surface area contributed by atoms with Gasteiger partial charge in [0.2, 0.25) is 0 Å².